The molecule has 1 aromatic heterocycles. The van der Waals surface area contributed by atoms with Gasteiger partial charge in [0.1, 0.15) is 5.69 Å². The fourth-order valence-corrected chi connectivity index (χ4v) is 2.90. The molecule has 2 aromatic rings. The molecule has 5 nitrogen and oxygen atoms in total. The van der Waals surface area contributed by atoms with Gasteiger partial charge >= 0.3 is 0 Å². The SMILES string of the molecule is CCc1cccc(CC)c1NC(=O)c1cc(C)nc(N(CC)CC)n1. The molecule has 0 saturated carbocycles. The average molecular weight is 340 g/mol. The third kappa shape index (κ3) is 4.35. The van der Waals surface area contributed by atoms with Crippen molar-refractivity contribution in [2.24, 2.45) is 0 Å². The van der Waals surface area contributed by atoms with Crippen LogP contribution < -0.4 is 10.2 Å². The lowest BCUT2D eigenvalue weighted by Gasteiger charge is -2.19. The van der Waals surface area contributed by atoms with Crippen molar-refractivity contribution in [3.63, 3.8) is 0 Å². The number of benzene rings is 1. The number of nitrogens with zero attached hydrogens (tertiary/aromatic N) is 3. The van der Waals surface area contributed by atoms with Crippen LogP contribution in [0.15, 0.2) is 24.3 Å². The van der Waals surface area contributed by atoms with E-state index in [9.17, 15) is 4.79 Å². The molecule has 0 atom stereocenters. The second-order valence-electron chi connectivity index (χ2n) is 5.98. The minimum absolute atomic E-state index is 0.186. The van der Waals surface area contributed by atoms with Gasteiger partial charge in [-0.15, -0.1) is 0 Å². The molecule has 1 heterocycles. The third-order valence-corrected chi connectivity index (χ3v) is 4.36. The fourth-order valence-electron chi connectivity index (χ4n) is 2.90. The minimum atomic E-state index is -0.186. The highest BCUT2D eigenvalue weighted by molar-refractivity contribution is 6.04. The first-order valence-electron chi connectivity index (χ1n) is 9.06. The lowest BCUT2D eigenvalue weighted by atomic mass is 10.0. The summed E-state index contributed by atoms with van der Waals surface area (Å²) >= 11 is 0. The van der Waals surface area contributed by atoms with E-state index in [0.29, 0.717) is 11.6 Å². The first kappa shape index (κ1) is 18.9. The van der Waals surface area contributed by atoms with Gasteiger partial charge in [0.25, 0.3) is 5.91 Å². The first-order chi connectivity index (χ1) is 12.0. The third-order valence-electron chi connectivity index (χ3n) is 4.36. The van der Waals surface area contributed by atoms with Crippen LogP contribution in [0.3, 0.4) is 0 Å². The smallest absolute Gasteiger partial charge is 0.274 e. The number of para-hydroxylation sites is 1. The summed E-state index contributed by atoms with van der Waals surface area (Å²) in [5, 5.41) is 3.08. The zero-order chi connectivity index (χ0) is 18.4. The summed E-state index contributed by atoms with van der Waals surface area (Å²) < 4.78 is 0. The molecule has 25 heavy (non-hydrogen) atoms. The number of rotatable bonds is 7. The molecule has 1 amide bonds. The second-order valence-corrected chi connectivity index (χ2v) is 5.98. The van der Waals surface area contributed by atoms with Gasteiger partial charge in [0, 0.05) is 24.5 Å². The maximum Gasteiger partial charge on any atom is 0.274 e. The van der Waals surface area contributed by atoms with Crippen molar-refractivity contribution < 1.29 is 4.79 Å². The van der Waals surface area contributed by atoms with E-state index in [1.54, 1.807) is 6.07 Å². The van der Waals surface area contributed by atoms with Gasteiger partial charge in [-0.05, 0) is 50.8 Å². The molecular weight excluding hydrogens is 312 g/mol. The largest absolute Gasteiger partial charge is 0.341 e. The molecule has 5 heteroatoms. The van der Waals surface area contributed by atoms with Crippen molar-refractivity contribution in [3.8, 4) is 0 Å². The van der Waals surface area contributed by atoms with E-state index < -0.39 is 0 Å². The Balaban J connectivity index is 2.36. The Morgan fingerprint density at radius 3 is 2.16 bits per heavy atom. The number of hydrogen-bond acceptors (Lipinski definition) is 4. The Hall–Kier alpha value is -2.43. The predicted molar refractivity (Wildman–Crippen MR) is 103 cm³/mol. The van der Waals surface area contributed by atoms with Gasteiger partial charge in [-0.3, -0.25) is 4.79 Å². The van der Waals surface area contributed by atoms with E-state index in [2.05, 4.69) is 55.1 Å². The summed E-state index contributed by atoms with van der Waals surface area (Å²) in [4.78, 5) is 23.8. The number of anilines is 2. The van der Waals surface area contributed by atoms with Crippen molar-refractivity contribution in [2.75, 3.05) is 23.3 Å². The minimum Gasteiger partial charge on any atom is -0.341 e. The lowest BCUT2D eigenvalue weighted by Crippen LogP contribution is -2.26. The van der Waals surface area contributed by atoms with Gasteiger partial charge in [-0.25, -0.2) is 9.97 Å². The van der Waals surface area contributed by atoms with Gasteiger partial charge in [0.15, 0.2) is 0 Å². The Morgan fingerprint density at radius 1 is 1.04 bits per heavy atom. The molecular formula is C20H28N4O. The zero-order valence-electron chi connectivity index (χ0n) is 15.9. The normalized spacial score (nSPS) is 10.6. The molecule has 0 spiro atoms. The molecule has 0 aliphatic rings. The maximum absolute atomic E-state index is 12.8. The molecule has 0 bridgehead atoms. The molecule has 1 N–H and O–H groups in total. The Kier molecular flexibility index (Phi) is 6.51. The van der Waals surface area contributed by atoms with E-state index in [1.807, 2.05) is 17.9 Å². The monoisotopic (exact) mass is 340 g/mol. The molecule has 2 rings (SSSR count). The van der Waals surface area contributed by atoms with Crippen LogP contribution in [0.2, 0.25) is 0 Å². The van der Waals surface area contributed by atoms with Crippen LogP contribution in [0.4, 0.5) is 11.6 Å². The van der Waals surface area contributed by atoms with Crippen LogP contribution >= 0.6 is 0 Å². The number of hydrogen-bond donors (Lipinski definition) is 1. The predicted octanol–water partition coefficient (Wildman–Crippen LogP) is 4.01. The van der Waals surface area contributed by atoms with Gasteiger partial charge in [0.2, 0.25) is 5.95 Å². The number of carbonyl (C=O) groups excluding carboxylic acids is 1. The summed E-state index contributed by atoms with van der Waals surface area (Å²) in [6.07, 6.45) is 1.74. The summed E-state index contributed by atoms with van der Waals surface area (Å²) in [7, 11) is 0. The maximum atomic E-state index is 12.8. The highest BCUT2D eigenvalue weighted by atomic mass is 16.1. The molecule has 1 aromatic carbocycles. The fraction of sp³-hybridized carbons (Fsp3) is 0.450. The Labute approximate surface area is 150 Å². The van der Waals surface area contributed by atoms with E-state index >= 15 is 0 Å². The van der Waals surface area contributed by atoms with Crippen LogP contribution in [-0.4, -0.2) is 29.0 Å². The molecule has 0 saturated heterocycles. The van der Waals surface area contributed by atoms with Crippen molar-refractivity contribution in [2.45, 2.75) is 47.5 Å². The molecule has 0 aliphatic heterocycles. The van der Waals surface area contributed by atoms with Crippen LogP contribution in [0.1, 0.15) is 55.0 Å². The van der Waals surface area contributed by atoms with Crippen molar-refractivity contribution in [3.05, 3.63) is 46.8 Å². The number of nitrogens with one attached hydrogen (secondary N) is 1. The molecule has 0 fully saturated rings. The van der Waals surface area contributed by atoms with Crippen LogP contribution in [-0.2, 0) is 12.8 Å². The standard InChI is InChI=1S/C20H28N4O/c1-6-15-11-10-12-16(7-2)18(15)23-19(25)17-13-14(5)21-20(22-17)24(8-3)9-4/h10-13H,6-9H2,1-5H3,(H,23,25). The van der Waals surface area contributed by atoms with Gasteiger partial charge in [0.05, 0.1) is 0 Å². The summed E-state index contributed by atoms with van der Waals surface area (Å²) in [5.41, 5.74) is 4.40. The summed E-state index contributed by atoms with van der Waals surface area (Å²) in [6, 6.07) is 7.89. The van der Waals surface area contributed by atoms with Gasteiger partial charge in [-0.2, -0.15) is 0 Å². The van der Waals surface area contributed by atoms with Crippen LogP contribution in [0.25, 0.3) is 0 Å². The highest BCUT2D eigenvalue weighted by Crippen LogP contribution is 2.23. The van der Waals surface area contributed by atoms with Gasteiger partial charge < -0.3 is 10.2 Å². The van der Waals surface area contributed by atoms with E-state index in [4.69, 9.17) is 0 Å². The van der Waals surface area contributed by atoms with E-state index in [-0.39, 0.29) is 5.91 Å². The average Bonchev–Trinajstić information content (AvgIpc) is 2.62. The second kappa shape index (κ2) is 8.60. The molecule has 0 aliphatic carbocycles. The Morgan fingerprint density at radius 2 is 1.64 bits per heavy atom. The van der Waals surface area contributed by atoms with Gasteiger partial charge in [-0.1, -0.05) is 32.0 Å². The Bertz CT molecular complexity index is 716. The van der Waals surface area contributed by atoms with Crippen LogP contribution in [0, 0.1) is 6.92 Å². The topological polar surface area (TPSA) is 58.1 Å². The zero-order valence-corrected chi connectivity index (χ0v) is 15.9. The number of amides is 1. The number of aryl methyl sites for hydroxylation is 3. The molecule has 134 valence electrons. The highest BCUT2D eigenvalue weighted by Gasteiger charge is 2.16. The van der Waals surface area contributed by atoms with Crippen LogP contribution in [0.5, 0.6) is 0 Å². The lowest BCUT2D eigenvalue weighted by molar-refractivity contribution is 0.102. The number of aromatic nitrogens is 2. The summed E-state index contributed by atoms with van der Waals surface area (Å²) in [5.74, 6) is 0.421. The van der Waals surface area contributed by atoms with E-state index in [0.717, 1.165) is 48.4 Å². The van der Waals surface area contributed by atoms with Crippen molar-refractivity contribution >= 4 is 17.5 Å². The molecule has 0 radical (unpaired) electrons. The first-order valence-corrected chi connectivity index (χ1v) is 9.06. The molecule has 0 unspecified atom stereocenters. The van der Waals surface area contributed by atoms with Crippen molar-refractivity contribution in [1.29, 1.82) is 0 Å². The summed E-state index contributed by atoms with van der Waals surface area (Å²) in [6.45, 7) is 11.8. The quantitative estimate of drug-likeness (QED) is 0.827. The van der Waals surface area contributed by atoms with E-state index in [1.165, 1.54) is 0 Å². The van der Waals surface area contributed by atoms with Crippen molar-refractivity contribution in [1.82, 2.24) is 9.97 Å². The number of carbonyl (C=O) groups is 1.